The first kappa shape index (κ1) is 10.1. The van der Waals surface area contributed by atoms with Crippen LogP contribution in [0.1, 0.15) is 29.2 Å². The van der Waals surface area contributed by atoms with E-state index in [9.17, 15) is 0 Å². The zero-order valence-electron chi connectivity index (χ0n) is 9.28. The van der Waals surface area contributed by atoms with Gasteiger partial charge in [-0.15, -0.1) is 0 Å². The molecule has 0 heterocycles. The largest absolute Gasteiger partial charge is 0.385 e. The van der Waals surface area contributed by atoms with Crippen LogP contribution in [-0.4, -0.2) is 6.54 Å². The summed E-state index contributed by atoms with van der Waals surface area (Å²) in [6, 6.07) is 2.26. The number of nitrogens with one attached hydrogen (secondary N) is 1. The van der Waals surface area contributed by atoms with Gasteiger partial charge in [-0.1, -0.05) is 6.07 Å². The highest BCUT2D eigenvalue weighted by molar-refractivity contribution is 5.61. The van der Waals surface area contributed by atoms with Gasteiger partial charge in [-0.25, -0.2) is 0 Å². The number of hydrogen-bond acceptors (Lipinski definition) is 1. The Balaban J connectivity index is 3.28. The molecular formula is C12H19N. The third kappa shape index (κ3) is 1.85. The number of anilines is 1. The SMILES string of the molecule is CCNc1c(C)c(C)cc(C)c1C. The number of aryl methyl sites for hydroxylation is 2. The van der Waals surface area contributed by atoms with E-state index >= 15 is 0 Å². The molecule has 1 aromatic carbocycles. The summed E-state index contributed by atoms with van der Waals surface area (Å²) < 4.78 is 0. The van der Waals surface area contributed by atoms with E-state index in [1.54, 1.807) is 0 Å². The second-order valence-corrected chi connectivity index (χ2v) is 3.67. The van der Waals surface area contributed by atoms with Crippen LogP contribution in [-0.2, 0) is 0 Å². The van der Waals surface area contributed by atoms with Crippen molar-refractivity contribution in [3.63, 3.8) is 0 Å². The summed E-state index contributed by atoms with van der Waals surface area (Å²) in [5.74, 6) is 0. The van der Waals surface area contributed by atoms with E-state index in [1.807, 2.05) is 0 Å². The van der Waals surface area contributed by atoms with Crippen LogP contribution < -0.4 is 5.32 Å². The molecule has 1 aromatic rings. The van der Waals surface area contributed by atoms with Gasteiger partial charge in [0.2, 0.25) is 0 Å². The highest BCUT2D eigenvalue weighted by Crippen LogP contribution is 2.26. The summed E-state index contributed by atoms with van der Waals surface area (Å²) in [5.41, 5.74) is 6.83. The lowest BCUT2D eigenvalue weighted by molar-refractivity contribution is 1.15. The van der Waals surface area contributed by atoms with E-state index in [0.29, 0.717) is 0 Å². The van der Waals surface area contributed by atoms with Gasteiger partial charge in [-0.3, -0.25) is 0 Å². The Morgan fingerprint density at radius 3 is 1.85 bits per heavy atom. The maximum atomic E-state index is 3.43. The van der Waals surface area contributed by atoms with Crippen LogP contribution in [0.2, 0.25) is 0 Å². The zero-order valence-corrected chi connectivity index (χ0v) is 9.28. The molecule has 1 rings (SSSR count). The lowest BCUT2D eigenvalue weighted by Crippen LogP contribution is -2.03. The average molecular weight is 177 g/mol. The average Bonchev–Trinajstić information content (AvgIpc) is 2.09. The van der Waals surface area contributed by atoms with Crippen molar-refractivity contribution in [2.75, 3.05) is 11.9 Å². The maximum Gasteiger partial charge on any atom is 0.0404 e. The van der Waals surface area contributed by atoms with Gasteiger partial charge in [0, 0.05) is 12.2 Å². The summed E-state index contributed by atoms with van der Waals surface area (Å²) in [4.78, 5) is 0. The number of hydrogen-bond donors (Lipinski definition) is 1. The molecule has 0 fully saturated rings. The third-order valence-corrected chi connectivity index (χ3v) is 2.72. The van der Waals surface area contributed by atoms with Gasteiger partial charge in [0.25, 0.3) is 0 Å². The molecule has 0 aliphatic carbocycles. The van der Waals surface area contributed by atoms with E-state index < -0.39 is 0 Å². The standard InChI is InChI=1S/C12H19N/c1-6-13-12-10(4)8(2)7-9(3)11(12)5/h7,13H,6H2,1-5H3. The highest BCUT2D eigenvalue weighted by atomic mass is 14.9. The molecule has 0 atom stereocenters. The molecule has 0 saturated carbocycles. The summed E-state index contributed by atoms with van der Waals surface area (Å²) in [6.45, 7) is 11.8. The van der Waals surface area contributed by atoms with Crippen molar-refractivity contribution in [1.29, 1.82) is 0 Å². The summed E-state index contributed by atoms with van der Waals surface area (Å²) in [5, 5.41) is 3.43. The number of rotatable bonds is 2. The third-order valence-electron chi connectivity index (χ3n) is 2.72. The minimum absolute atomic E-state index is 0.991. The first-order chi connectivity index (χ1) is 6.07. The lowest BCUT2D eigenvalue weighted by Gasteiger charge is -2.15. The molecule has 0 radical (unpaired) electrons. The van der Waals surface area contributed by atoms with Crippen molar-refractivity contribution in [3.8, 4) is 0 Å². The van der Waals surface area contributed by atoms with Gasteiger partial charge in [0.05, 0.1) is 0 Å². The summed E-state index contributed by atoms with van der Waals surface area (Å²) in [7, 11) is 0. The van der Waals surface area contributed by atoms with E-state index in [0.717, 1.165) is 6.54 Å². The van der Waals surface area contributed by atoms with Crippen molar-refractivity contribution >= 4 is 5.69 Å². The minimum Gasteiger partial charge on any atom is -0.385 e. The Labute approximate surface area is 81.2 Å². The fourth-order valence-corrected chi connectivity index (χ4v) is 1.66. The number of benzene rings is 1. The van der Waals surface area contributed by atoms with Crippen molar-refractivity contribution in [2.45, 2.75) is 34.6 Å². The quantitative estimate of drug-likeness (QED) is 0.730. The predicted octanol–water partition coefficient (Wildman–Crippen LogP) is 3.35. The lowest BCUT2D eigenvalue weighted by atomic mass is 9.99. The molecule has 0 bridgehead atoms. The molecule has 1 heteroatoms. The maximum absolute atomic E-state index is 3.43. The van der Waals surface area contributed by atoms with Crippen molar-refractivity contribution < 1.29 is 0 Å². The molecule has 0 aliphatic heterocycles. The fraction of sp³-hybridized carbons (Fsp3) is 0.500. The second kappa shape index (κ2) is 3.82. The van der Waals surface area contributed by atoms with Crippen molar-refractivity contribution in [3.05, 3.63) is 28.3 Å². The fourth-order valence-electron chi connectivity index (χ4n) is 1.66. The van der Waals surface area contributed by atoms with Crippen LogP contribution in [0.4, 0.5) is 5.69 Å². The van der Waals surface area contributed by atoms with E-state index in [1.165, 1.54) is 27.9 Å². The molecule has 0 amide bonds. The molecular weight excluding hydrogens is 158 g/mol. The molecule has 0 saturated heterocycles. The first-order valence-electron chi connectivity index (χ1n) is 4.89. The van der Waals surface area contributed by atoms with Gasteiger partial charge in [0.1, 0.15) is 0 Å². The van der Waals surface area contributed by atoms with Crippen LogP contribution in [0, 0.1) is 27.7 Å². The van der Waals surface area contributed by atoms with Gasteiger partial charge in [-0.2, -0.15) is 0 Å². The molecule has 72 valence electrons. The molecule has 1 nitrogen and oxygen atoms in total. The van der Waals surface area contributed by atoms with Crippen LogP contribution >= 0.6 is 0 Å². The molecule has 13 heavy (non-hydrogen) atoms. The molecule has 0 unspecified atom stereocenters. The Kier molecular flexibility index (Phi) is 2.97. The van der Waals surface area contributed by atoms with Crippen molar-refractivity contribution in [2.24, 2.45) is 0 Å². The van der Waals surface area contributed by atoms with Crippen molar-refractivity contribution in [1.82, 2.24) is 0 Å². The minimum atomic E-state index is 0.991. The molecule has 0 aliphatic rings. The van der Waals surface area contributed by atoms with Gasteiger partial charge >= 0.3 is 0 Å². The van der Waals surface area contributed by atoms with Gasteiger partial charge < -0.3 is 5.32 Å². The first-order valence-corrected chi connectivity index (χ1v) is 4.89. The van der Waals surface area contributed by atoms with Crippen LogP contribution in [0.5, 0.6) is 0 Å². The molecule has 0 spiro atoms. The van der Waals surface area contributed by atoms with Crippen LogP contribution in [0.25, 0.3) is 0 Å². The summed E-state index contributed by atoms with van der Waals surface area (Å²) >= 11 is 0. The van der Waals surface area contributed by atoms with E-state index in [4.69, 9.17) is 0 Å². The zero-order chi connectivity index (χ0) is 10.0. The normalized spacial score (nSPS) is 10.2. The Hall–Kier alpha value is -0.980. The van der Waals surface area contributed by atoms with Crippen LogP contribution in [0.15, 0.2) is 6.07 Å². The smallest absolute Gasteiger partial charge is 0.0404 e. The summed E-state index contributed by atoms with van der Waals surface area (Å²) in [6.07, 6.45) is 0. The van der Waals surface area contributed by atoms with Crippen LogP contribution in [0.3, 0.4) is 0 Å². The Morgan fingerprint density at radius 2 is 1.46 bits per heavy atom. The molecule has 1 N–H and O–H groups in total. The van der Waals surface area contributed by atoms with E-state index in [2.05, 4.69) is 46.0 Å². The highest BCUT2D eigenvalue weighted by Gasteiger charge is 2.06. The predicted molar refractivity (Wildman–Crippen MR) is 59.6 cm³/mol. The second-order valence-electron chi connectivity index (χ2n) is 3.67. The van der Waals surface area contributed by atoms with Gasteiger partial charge in [-0.05, 0) is 56.9 Å². The molecule has 0 aromatic heterocycles. The monoisotopic (exact) mass is 177 g/mol. The van der Waals surface area contributed by atoms with E-state index in [-0.39, 0.29) is 0 Å². The Bertz CT molecular complexity index is 287. The Morgan fingerprint density at radius 1 is 1.00 bits per heavy atom. The van der Waals surface area contributed by atoms with Gasteiger partial charge in [0.15, 0.2) is 0 Å². The topological polar surface area (TPSA) is 12.0 Å².